The third-order valence-corrected chi connectivity index (χ3v) is 7.70. The lowest BCUT2D eigenvalue weighted by Crippen LogP contribution is -2.69. The second-order valence-corrected chi connectivity index (χ2v) is 9.33. The van der Waals surface area contributed by atoms with Gasteiger partial charge in [-0.05, 0) is 21.9 Å². The number of nitrogens with one attached hydrogen (secondary N) is 1. The molecule has 0 aromatic heterocycles. The van der Waals surface area contributed by atoms with Gasteiger partial charge in [0, 0.05) is 17.4 Å². The lowest BCUT2D eigenvalue weighted by atomic mass is 9.85. The monoisotopic (exact) mass is 495 g/mol. The van der Waals surface area contributed by atoms with Crippen molar-refractivity contribution in [1.82, 2.24) is 10.2 Å². The molecule has 2 unspecified atom stereocenters. The van der Waals surface area contributed by atoms with Gasteiger partial charge in [0.2, 0.25) is 5.70 Å². The molecule has 9 heteroatoms. The average Bonchev–Trinajstić information content (AvgIpc) is 2.88. The van der Waals surface area contributed by atoms with Gasteiger partial charge < -0.3 is 15.3 Å². The minimum absolute atomic E-state index is 0.0294. The summed E-state index contributed by atoms with van der Waals surface area (Å²) in [6, 6.07) is 19.3. The van der Waals surface area contributed by atoms with Crippen molar-refractivity contribution < 1.29 is 14.7 Å². The summed E-state index contributed by atoms with van der Waals surface area (Å²) in [5.74, 6) is -2.38. The molecule has 0 radical (unpaired) electrons. The maximum Gasteiger partial charge on any atom is 0.277 e. The summed E-state index contributed by atoms with van der Waals surface area (Å²) in [5.41, 5.74) is 2.39. The number of halogens is 1. The number of amides is 2. The van der Waals surface area contributed by atoms with E-state index in [0.29, 0.717) is 0 Å². The topological polar surface area (TPSA) is 99.1 Å². The number of aliphatic hydroxyl groups excluding tert-OH is 1. The van der Waals surface area contributed by atoms with Gasteiger partial charge in [-0.3, -0.25) is 9.59 Å². The predicted molar refractivity (Wildman–Crippen MR) is 133 cm³/mol. The zero-order chi connectivity index (χ0) is 24.2. The van der Waals surface area contributed by atoms with Crippen molar-refractivity contribution in [2.24, 2.45) is 5.18 Å². The molecule has 2 aromatic rings. The van der Waals surface area contributed by atoms with Crippen LogP contribution in [-0.4, -0.2) is 44.4 Å². The summed E-state index contributed by atoms with van der Waals surface area (Å²) >= 11 is 7.05. The van der Waals surface area contributed by atoms with E-state index in [0.717, 1.165) is 16.7 Å². The van der Waals surface area contributed by atoms with Crippen LogP contribution >= 0.6 is 23.4 Å². The van der Waals surface area contributed by atoms with Gasteiger partial charge in [-0.2, -0.15) is 0 Å². The molecule has 3 atom stereocenters. The first kappa shape index (κ1) is 23.8. The smallest absolute Gasteiger partial charge is 0.277 e. The van der Waals surface area contributed by atoms with Crippen LogP contribution in [0.2, 0.25) is 0 Å². The fourth-order valence-electron chi connectivity index (χ4n) is 4.16. The molecule has 2 aromatic carbocycles. The van der Waals surface area contributed by atoms with Crippen molar-refractivity contribution >= 4 is 35.2 Å². The number of allylic oxidation sites excluding steroid dienone is 2. The molecule has 174 valence electrons. The van der Waals surface area contributed by atoms with Crippen LogP contribution < -0.4 is 5.32 Å². The lowest BCUT2D eigenvalue weighted by molar-refractivity contribution is -0.144. The lowest BCUT2D eigenvalue weighted by Gasteiger charge is -2.50. The Bertz CT molecular complexity index is 1130. The molecular weight excluding hydrogens is 474 g/mol. The maximum absolute atomic E-state index is 12.8. The number of rotatable bonds is 8. The molecule has 1 saturated heterocycles. The summed E-state index contributed by atoms with van der Waals surface area (Å²) in [7, 11) is 0. The number of β-lactam (4-membered cyclic amide) rings is 1. The Labute approximate surface area is 206 Å². The van der Waals surface area contributed by atoms with Crippen molar-refractivity contribution in [3.63, 3.8) is 0 Å². The zero-order valence-electron chi connectivity index (χ0n) is 18.0. The van der Waals surface area contributed by atoms with Crippen LogP contribution in [0, 0.1) is 4.91 Å². The third-order valence-electron chi connectivity index (χ3n) is 5.83. The van der Waals surface area contributed by atoms with Crippen LogP contribution in [0.15, 0.2) is 102 Å². The van der Waals surface area contributed by atoms with Crippen LogP contribution in [0.25, 0.3) is 0 Å². The van der Waals surface area contributed by atoms with Gasteiger partial charge in [-0.15, -0.1) is 28.3 Å². The van der Waals surface area contributed by atoms with Crippen LogP contribution in [0.3, 0.4) is 0 Å². The number of carbonyl (C=O) groups excluding carboxylic acids is 2. The molecule has 2 heterocycles. The summed E-state index contributed by atoms with van der Waals surface area (Å²) in [6.07, 6.45) is 3.52. The molecule has 34 heavy (non-hydrogen) atoms. The number of hydrogen-bond acceptors (Lipinski definition) is 6. The Morgan fingerprint density at radius 3 is 2.26 bits per heavy atom. The fourth-order valence-corrected chi connectivity index (χ4v) is 6.01. The number of hydrogen-bond donors (Lipinski definition) is 2. The Kier molecular flexibility index (Phi) is 7.19. The number of nitroso groups, excluding NO2 is 1. The number of carbonyl (C=O) groups is 2. The molecule has 0 spiro atoms. The van der Waals surface area contributed by atoms with Gasteiger partial charge in [0.1, 0.15) is 17.2 Å². The molecule has 7 nitrogen and oxygen atoms in total. The van der Waals surface area contributed by atoms with E-state index in [4.69, 9.17) is 11.6 Å². The number of thioether (sulfide) groups is 1. The van der Waals surface area contributed by atoms with E-state index in [1.165, 1.54) is 11.8 Å². The summed E-state index contributed by atoms with van der Waals surface area (Å²) < 4.78 is 0. The number of nitrogens with zero attached hydrogens (tertiary/aromatic N) is 2. The van der Waals surface area contributed by atoms with Crippen LogP contribution in [0.4, 0.5) is 0 Å². The van der Waals surface area contributed by atoms with Gasteiger partial charge in [-0.25, -0.2) is 0 Å². The van der Waals surface area contributed by atoms with E-state index in [1.807, 2.05) is 36.4 Å². The molecule has 4 rings (SSSR count). The molecule has 2 aliphatic heterocycles. The first-order chi connectivity index (χ1) is 16.5. The SMILES string of the molecule is C=CC1=CN2C(=O)C(NC(=O)C(N=O)=C(O)CCl)[C@H]2SC1C(c1ccccc1)c1ccccc1. The van der Waals surface area contributed by atoms with Gasteiger partial charge >= 0.3 is 0 Å². The normalized spacial score (nSPS) is 22.2. The molecule has 1 fully saturated rings. The van der Waals surface area contributed by atoms with Crippen molar-refractivity contribution in [3.8, 4) is 0 Å². The second kappa shape index (κ2) is 10.3. The van der Waals surface area contributed by atoms with Gasteiger partial charge in [0.15, 0.2) is 0 Å². The van der Waals surface area contributed by atoms with E-state index in [-0.39, 0.29) is 17.1 Å². The molecule has 0 bridgehead atoms. The van der Waals surface area contributed by atoms with Crippen LogP contribution in [0.5, 0.6) is 0 Å². The highest BCUT2D eigenvalue weighted by Crippen LogP contribution is 2.48. The Morgan fingerprint density at radius 1 is 1.18 bits per heavy atom. The van der Waals surface area contributed by atoms with Crippen molar-refractivity contribution in [1.29, 1.82) is 0 Å². The average molecular weight is 496 g/mol. The quantitative estimate of drug-likeness (QED) is 0.185. The first-order valence-corrected chi connectivity index (χ1v) is 12.0. The Hall–Kier alpha value is -3.36. The summed E-state index contributed by atoms with van der Waals surface area (Å²) in [5, 5.41) is 14.3. The minimum Gasteiger partial charge on any atom is -0.508 e. The molecule has 0 aliphatic carbocycles. The highest BCUT2D eigenvalue weighted by atomic mass is 35.5. The minimum atomic E-state index is -0.940. The van der Waals surface area contributed by atoms with Gasteiger partial charge in [0.05, 0.1) is 5.88 Å². The molecule has 2 aliphatic rings. The molecule has 0 saturated carbocycles. The maximum atomic E-state index is 12.8. The van der Waals surface area contributed by atoms with E-state index in [2.05, 4.69) is 41.3 Å². The molecule has 2 N–H and O–H groups in total. The largest absolute Gasteiger partial charge is 0.508 e. The summed E-state index contributed by atoms with van der Waals surface area (Å²) in [6.45, 7) is 3.96. The fraction of sp³-hybridized carbons (Fsp3) is 0.200. The van der Waals surface area contributed by atoms with Crippen molar-refractivity contribution in [2.45, 2.75) is 22.6 Å². The van der Waals surface area contributed by atoms with Crippen molar-refractivity contribution in [3.05, 3.63) is 113 Å². The number of fused-ring (bicyclic) bond motifs is 1. The third kappa shape index (κ3) is 4.38. The van der Waals surface area contributed by atoms with Crippen LogP contribution in [-0.2, 0) is 9.59 Å². The summed E-state index contributed by atoms with van der Waals surface area (Å²) in [4.78, 5) is 37.8. The zero-order valence-corrected chi connectivity index (χ0v) is 19.6. The first-order valence-electron chi connectivity index (χ1n) is 10.5. The highest BCUT2D eigenvalue weighted by Gasteiger charge is 2.52. The van der Waals surface area contributed by atoms with E-state index in [9.17, 15) is 19.6 Å². The van der Waals surface area contributed by atoms with Crippen LogP contribution in [0.1, 0.15) is 17.0 Å². The number of alkyl halides is 1. The molecule has 2 amide bonds. The second-order valence-electron chi connectivity index (χ2n) is 7.80. The standard InChI is InChI=1S/C25H22ClN3O4S/c1-2-15-14-29-24(32)21(27-23(31)20(28-33)18(30)13-26)25(29)34-22(15)19(16-9-5-3-6-10-16)17-11-7-4-8-12-17/h2-12,14,19,21-22,25,30H,1,13H2,(H,27,31)/t21?,22?,25-/m1/s1. The van der Waals surface area contributed by atoms with Crippen molar-refractivity contribution in [2.75, 3.05) is 5.88 Å². The van der Waals surface area contributed by atoms with Gasteiger partial charge in [0.25, 0.3) is 11.8 Å². The Balaban J connectivity index is 1.66. The van der Waals surface area contributed by atoms with E-state index in [1.54, 1.807) is 17.2 Å². The predicted octanol–water partition coefficient (Wildman–Crippen LogP) is 4.43. The Morgan fingerprint density at radius 2 is 1.76 bits per heavy atom. The number of aliphatic hydroxyl groups is 1. The van der Waals surface area contributed by atoms with E-state index >= 15 is 0 Å². The highest BCUT2D eigenvalue weighted by molar-refractivity contribution is 8.01. The van der Waals surface area contributed by atoms with E-state index < -0.39 is 34.7 Å². The van der Waals surface area contributed by atoms with Gasteiger partial charge in [-0.1, -0.05) is 73.3 Å². The number of benzene rings is 2. The molecular formula is C25H22ClN3O4S.